The van der Waals surface area contributed by atoms with Crippen molar-refractivity contribution >= 4 is 29.1 Å². The number of carbonyl (C=O) groups is 2. The third kappa shape index (κ3) is 5.48. The maximum atomic E-state index is 12.3. The molecule has 3 N–H and O–H groups in total. The van der Waals surface area contributed by atoms with Crippen molar-refractivity contribution in [3.8, 4) is 22.3 Å². The molecule has 0 saturated carbocycles. The molecule has 0 atom stereocenters. The number of carboxylic acid groups (broad SMARTS) is 1. The number of hydrogen-bond acceptors (Lipinski definition) is 8. The van der Waals surface area contributed by atoms with Crippen molar-refractivity contribution in [1.82, 2.24) is 9.97 Å². The lowest BCUT2D eigenvalue weighted by Gasteiger charge is -2.11. The van der Waals surface area contributed by atoms with Crippen molar-refractivity contribution in [2.24, 2.45) is 0 Å². The lowest BCUT2D eigenvalue weighted by molar-refractivity contribution is 0.0685. The average Bonchev–Trinajstić information content (AvgIpc) is 3.31. The number of benzene rings is 2. The summed E-state index contributed by atoms with van der Waals surface area (Å²) in [5, 5.41) is 24.1. The van der Waals surface area contributed by atoms with E-state index in [0.29, 0.717) is 10.6 Å². The van der Waals surface area contributed by atoms with Crippen LogP contribution in [0.15, 0.2) is 72.1 Å². The highest BCUT2D eigenvalue weighted by Crippen LogP contribution is 2.36. The van der Waals surface area contributed by atoms with Crippen LogP contribution in [0.2, 0.25) is 0 Å². The number of rotatable bonds is 8. The topological polar surface area (TPSA) is 131 Å². The van der Waals surface area contributed by atoms with Crippen molar-refractivity contribution in [1.29, 1.82) is 0 Å². The van der Waals surface area contributed by atoms with Crippen LogP contribution >= 0.6 is 11.3 Å². The van der Waals surface area contributed by atoms with E-state index in [0.717, 1.165) is 11.1 Å². The molecule has 0 unspecified atom stereocenters. The monoisotopic (exact) mass is 477 g/mol. The number of hydrogen-bond donors (Lipinski definition) is 3. The van der Waals surface area contributed by atoms with Gasteiger partial charge in [0.25, 0.3) is 5.88 Å². The average molecular weight is 477 g/mol. The van der Waals surface area contributed by atoms with E-state index < -0.39 is 23.5 Å². The third-order valence-electron chi connectivity index (χ3n) is 4.59. The molecule has 1 amide bonds. The summed E-state index contributed by atoms with van der Waals surface area (Å²) in [5.74, 6) is -2.43. The van der Waals surface area contributed by atoms with E-state index in [1.807, 2.05) is 60.7 Å². The van der Waals surface area contributed by atoms with Crippen molar-refractivity contribution in [2.75, 3.05) is 5.32 Å². The van der Waals surface area contributed by atoms with Crippen LogP contribution in [-0.4, -0.2) is 32.2 Å². The first-order valence-electron chi connectivity index (χ1n) is 10.1. The Bertz CT molecular complexity index is 1290. The normalized spacial score (nSPS) is 10.5. The van der Waals surface area contributed by atoms with Gasteiger partial charge in [0.1, 0.15) is 13.2 Å². The quantitative estimate of drug-likeness (QED) is 0.325. The predicted octanol–water partition coefficient (Wildman–Crippen LogP) is 4.94. The zero-order valence-electron chi connectivity index (χ0n) is 17.7. The zero-order chi connectivity index (χ0) is 23.9. The number of carboxylic acids is 1. The van der Waals surface area contributed by atoms with E-state index in [-0.39, 0.29) is 24.9 Å². The van der Waals surface area contributed by atoms with E-state index in [1.165, 1.54) is 11.3 Å². The summed E-state index contributed by atoms with van der Waals surface area (Å²) >= 11 is 1.18. The van der Waals surface area contributed by atoms with Crippen molar-refractivity contribution in [2.45, 2.75) is 13.2 Å². The molecule has 172 valence electrons. The molecule has 4 rings (SSSR count). The Hall–Kier alpha value is -4.44. The van der Waals surface area contributed by atoms with Gasteiger partial charge in [-0.15, -0.1) is 11.3 Å². The number of amides is 1. The van der Waals surface area contributed by atoms with Crippen LogP contribution in [0.4, 0.5) is 10.5 Å². The number of ether oxygens (including phenoxy) is 2. The number of aromatic hydroxyl groups is 1. The number of carbonyl (C=O) groups excluding carboxylic acids is 1. The Labute approximate surface area is 198 Å². The maximum absolute atomic E-state index is 12.3. The van der Waals surface area contributed by atoms with Crippen LogP contribution in [0.25, 0.3) is 10.7 Å². The maximum Gasteiger partial charge on any atom is 0.412 e. The number of thiophene rings is 1. The standard InChI is InChI=1S/C24H19N3O6S/c28-19-18(23(29)30)26-21(27-22(19)32-13-15-7-3-1-4-8-15)20-17(11-12-34-20)25-24(31)33-14-16-9-5-2-6-10-16/h1-12,28H,13-14H2,(H,25,31)(H,29,30). The molecule has 0 aliphatic rings. The first kappa shape index (κ1) is 22.7. The largest absolute Gasteiger partial charge is 0.501 e. The molecule has 4 aromatic rings. The molecule has 0 aliphatic heterocycles. The van der Waals surface area contributed by atoms with Crippen LogP contribution in [0.3, 0.4) is 0 Å². The summed E-state index contributed by atoms with van der Waals surface area (Å²) in [6.45, 7) is 0.147. The molecular formula is C24H19N3O6S. The number of nitrogens with zero attached hydrogens (tertiary/aromatic N) is 2. The van der Waals surface area contributed by atoms with Crippen molar-refractivity contribution in [3.63, 3.8) is 0 Å². The number of anilines is 1. The van der Waals surface area contributed by atoms with E-state index >= 15 is 0 Å². The van der Waals surface area contributed by atoms with E-state index in [2.05, 4.69) is 15.3 Å². The van der Waals surface area contributed by atoms with Gasteiger partial charge >= 0.3 is 12.1 Å². The fourth-order valence-electron chi connectivity index (χ4n) is 2.96. The molecular weight excluding hydrogens is 458 g/mol. The Morgan fingerprint density at radius 3 is 2.21 bits per heavy atom. The van der Waals surface area contributed by atoms with Gasteiger partial charge in [0, 0.05) is 0 Å². The second kappa shape index (κ2) is 10.5. The highest BCUT2D eigenvalue weighted by atomic mass is 32.1. The van der Waals surface area contributed by atoms with Crippen LogP contribution < -0.4 is 10.1 Å². The second-order valence-corrected chi connectivity index (χ2v) is 7.90. The van der Waals surface area contributed by atoms with Gasteiger partial charge < -0.3 is 19.7 Å². The Kier molecular flexibility index (Phi) is 6.99. The first-order valence-corrected chi connectivity index (χ1v) is 11.0. The minimum Gasteiger partial charge on any atom is -0.501 e. The van der Waals surface area contributed by atoms with E-state index in [4.69, 9.17) is 9.47 Å². The highest BCUT2D eigenvalue weighted by Gasteiger charge is 2.23. The lowest BCUT2D eigenvalue weighted by atomic mass is 10.2. The van der Waals surface area contributed by atoms with Gasteiger partial charge in [0.2, 0.25) is 5.75 Å². The number of aromatic nitrogens is 2. The van der Waals surface area contributed by atoms with E-state index in [1.54, 1.807) is 11.4 Å². The fraction of sp³-hybridized carbons (Fsp3) is 0.0833. The SMILES string of the molecule is O=C(Nc1ccsc1-c1nc(OCc2ccccc2)c(O)c(C(=O)O)n1)OCc1ccccc1. The van der Waals surface area contributed by atoms with Crippen LogP contribution in [-0.2, 0) is 18.0 Å². The van der Waals surface area contributed by atoms with Crippen molar-refractivity contribution in [3.05, 3.63) is 88.9 Å². The van der Waals surface area contributed by atoms with Gasteiger partial charge in [-0.1, -0.05) is 60.7 Å². The molecule has 0 spiro atoms. The van der Waals surface area contributed by atoms with Gasteiger partial charge in [0.15, 0.2) is 11.5 Å². The van der Waals surface area contributed by atoms with Crippen molar-refractivity contribution < 1.29 is 29.3 Å². The summed E-state index contributed by atoms with van der Waals surface area (Å²) < 4.78 is 10.8. The minimum atomic E-state index is -1.45. The zero-order valence-corrected chi connectivity index (χ0v) is 18.5. The summed E-state index contributed by atoms with van der Waals surface area (Å²) in [5.41, 5.74) is 1.35. The van der Waals surface area contributed by atoms with Gasteiger partial charge in [-0.25, -0.2) is 14.6 Å². The lowest BCUT2D eigenvalue weighted by Crippen LogP contribution is -2.14. The number of nitrogens with one attached hydrogen (secondary N) is 1. The predicted molar refractivity (Wildman–Crippen MR) is 125 cm³/mol. The van der Waals surface area contributed by atoms with Crippen LogP contribution in [0.5, 0.6) is 11.6 Å². The van der Waals surface area contributed by atoms with Gasteiger partial charge in [0.05, 0.1) is 10.6 Å². The Balaban J connectivity index is 1.55. The molecule has 0 radical (unpaired) electrons. The first-order chi connectivity index (χ1) is 16.5. The molecule has 2 aromatic heterocycles. The fourth-order valence-corrected chi connectivity index (χ4v) is 3.74. The Morgan fingerprint density at radius 2 is 1.56 bits per heavy atom. The molecule has 2 heterocycles. The Morgan fingerprint density at radius 1 is 0.912 bits per heavy atom. The summed E-state index contributed by atoms with van der Waals surface area (Å²) in [7, 11) is 0. The van der Waals surface area contributed by atoms with Crippen LogP contribution in [0, 0.1) is 0 Å². The summed E-state index contributed by atoms with van der Waals surface area (Å²) in [6, 6.07) is 20.0. The molecule has 10 heteroatoms. The molecule has 34 heavy (non-hydrogen) atoms. The molecule has 0 saturated heterocycles. The summed E-state index contributed by atoms with van der Waals surface area (Å²) in [6.07, 6.45) is -0.693. The number of aromatic carboxylic acids is 1. The second-order valence-electron chi connectivity index (χ2n) is 6.98. The molecule has 0 aliphatic carbocycles. The van der Waals surface area contributed by atoms with Gasteiger partial charge in [-0.3, -0.25) is 5.32 Å². The molecule has 0 bridgehead atoms. The highest BCUT2D eigenvalue weighted by molar-refractivity contribution is 7.14. The molecule has 9 nitrogen and oxygen atoms in total. The third-order valence-corrected chi connectivity index (χ3v) is 5.50. The van der Waals surface area contributed by atoms with E-state index in [9.17, 15) is 19.8 Å². The van der Waals surface area contributed by atoms with Gasteiger partial charge in [-0.05, 0) is 22.6 Å². The molecule has 2 aromatic carbocycles. The van der Waals surface area contributed by atoms with Gasteiger partial charge in [-0.2, -0.15) is 4.98 Å². The molecule has 0 fully saturated rings. The van der Waals surface area contributed by atoms with Crippen LogP contribution in [0.1, 0.15) is 21.6 Å². The summed E-state index contributed by atoms with van der Waals surface area (Å²) in [4.78, 5) is 32.5. The minimum absolute atomic E-state index is 0.0216. The smallest absolute Gasteiger partial charge is 0.412 e.